The summed E-state index contributed by atoms with van der Waals surface area (Å²) >= 11 is 0. The SMILES string of the molecule is CN1CCCC(O)(COc2ccccc2)C1. The summed E-state index contributed by atoms with van der Waals surface area (Å²) in [5.74, 6) is 0.823. The molecule has 0 saturated carbocycles. The molecule has 1 heterocycles. The molecule has 1 aliphatic rings. The molecule has 0 radical (unpaired) electrons. The van der Waals surface area contributed by atoms with Crippen LogP contribution in [0.15, 0.2) is 30.3 Å². The van der Waals surface area contributed by atoms with Crippen LogP contribution in [0.1, 0.15) is 12.8 Å². The van der Waals surface area contributed by atoms with Crippen molar-refractivity contribution in [2.24, 2.45) is 0 Å². The molecule has 3 nitrogen and oxygen atoms in total. The molecule has 1 aromatic rings. The van der Waals surface area contributed by atoms with Gasteiger partial charge in [0.2, 0.25) is 0 Å². The van der Waals surface area contributed by atoms with Crippen LogP contribution in [0.2, 0.25) is 0 Å². The summed E-state index contributed by atoms with van der Waals surface area (Å²) in [4.78, 5) is 2.15. The summed E-state index contributed by atoms with van der Waals surface area (Å²) in [6.07, 6.45) is 1.86. The molecule has 2 rings (SSSR count). The molecule has 1 aliphatic heterocycles. The van der Waals surface area contributed by atoms with Gasteiger partial charge in [0.05, 0.1) is 0 Å². The van der Waals surface area contributed by atoms with Crippen molar-refractivity contribution < 1.29 is 9.84 Å². The number of hydrogen-bond donors (Lipinski definition) is 1. The number of β-amino-alcohol motifs (C(OH)–C–C–N with tert-alkyl or cyclic N) is 1. The number of rotatable bonds is 3. The minimum Gasteiger partial charge on any atom is -0.491 e. The Balaban J connectivity index is 1.89. The second-order valence-corrected chi connectivity index (χ2v) is 4.67. The first-order chi connectivity index (χ1) is 7.68. The highest BCUT2D eigenvalue weighted by molar-refractivity contribution is 5.21. The van der Waals surface area contributed by atoms with Crippen molar-refractivity contribution in [1.29, 1.82) is 0 Å². The van der Waals surface area contributed by atoms with Gasteiger partial charge in [-0.2, -0.15) is 0 Å². The van der Waals surface area contributed by atoms with Crippen molar-refractivity contribution in [1.82, 2.24) is 4.90 Å². The minimum absolute atomic E-state index is 0.376. The van der Waals surface area contributed by atoms with Gasteiger partial charge in [0.15, 0.2) is 0 Å². The van der Waals surface area contributed by atoms with Crippen molar-refractivity contribution >= 4 is 0 Å². The van der Waals surface area contributed by atoms with E-state index in [2.05, 4.69) is 4.90 Å². The van der Waals surface area contributed by atoms with Crippen LogP contribution in [0.25, 0.3) is 0 Å². The maximum atomic E-state index is 10.3. The predicted octanol–water partition coefficient (Wildman–Crippen LogP) is 1.52. The Labute approximate surface area is 96.6 Å². The molecule has 1 N–H and O–H groups in total. The van der Waals surface area contributed by atoms with Crippen LogP contribution >= 0.6 is 0 Å². The third-order valence-corrected chi connectivity index (χ3v) is 3.00. The van der Waals surface area contributed by atoms with Gasteiger partial charge in [-0.1, -0.05) is 18.2 Å². The molecule has 1 fully saturated rings. The number of hydrogen-bond acceptors (Lipinski definition) is 3. The number of piperidine rings is 1. The third-order valence-electron chi connectivity index (χ3n) is 3.00. The summed E-state index contributed by atoms with van der Waals surface area (Å²) in [7, 11) is 2.03. The number of nitrogens with zero attached hydrogens (tertiary/aromatic N) is 1. The molecule has 0 amide bonds. The summed E-state index contributed by atoms with van der Waals surface area (Å²) in [5, 5.41) is 10.3. The second-order valence-electron chi connectivity index (χ2n) is 4.67. The van der Waals surface area contributed by atoms with Crippen LogP contribution in [-0.4, -0.2) is 42.4 Å². The van der Waals surface area contributed by atoms with Gasteiger partial charge in [0, 0.05) is 6.54 Å². The Morgan fingerprint density at radius 3 is 2.81 bits per heavy atom. The van der Waals surface area contributed by atoms with Gasteiger partial charge < -0.3 is 14.7 Å². The standard InChI is InChI=1S/C13H19NO2/c1-14-9-5-8-13(15,10-14)11-16-12-6-3-2-4-7-12/h2-4,6-7,15H,5,8-11H2,1H3. The number of likely N-dealkylation sites (N-methyl/N-ethyl adjacent to an activating group) is 1. The highest BCUT2D eigenvalue weighted by Crippen LogP contribution is 2.21. The van der Waals surface area contributed by atoms with Crippen molar-refractivity contribution in [3.8, 4) is 5.75 Å². The molecular formula is C13H19NO2. The molecule has 1 saturated heterocycles. The van der Waals surface area contributed by atoms with E-state index in [4.69, 9.17) is 4.74 Å². The molecule has 16 heavy (non-hydrogen) atoms. The highest BCUT2D eigenvalue weighted by atomic mass is 16.5. The van der Waals surface area contributed by atoms with Crippen molar-refractivity contribution in [3.63, 3.8) is 0 Å². The molecular weight excluding hydrogens is 202 g/mol. The average Bonchev–Trinajstić information content (AvgIpc) is 2.28. The number of likely N-dealkylation sites (tertiary alicyclic amines) is 1. The largest absolute Gasteiger partial charge is 0.491 e. The molecule has 0 aromatic heterocycles. The fourth-order valence-corrected chi connectivity index (χ4v) is 2.19. The van der Waals surface area contributed by atoms with E-state index in [1.165, 1.54) is 0 Å². The van der Waals surface area contributed by atoms with Crippen molar-refractivity contribution in [2.45, 2.75) is 18.4 Å². The van der Waals surface area contributed by atoms with Crippen LogP contribution < -0.4 is 4.74 Å². The normalized spacial score (nSPS) is 26.6. The zero-order chi connectivity index (χ0) is 11.4. The minimum atomic E-state index is -0.692. The smallest absolute Gasteiger partial charge is 0.119 e. The lowest BCUT2D eigenvalue weighted by molar-refractivity contribution is -0.0541. The quantitative estimate of drug-likeness (QED) is 0.840. The Bertz CT molecular complexity index is 328. The fraction of sp³-hybridized carbons (Fsp3) is 0.538. The lowest BCUT2D eigenvalue weighted by Gasteiger charge is -2.37. The molecule has 3 heteroatoms. The maximum Gasteiger partial charge on any atom is 0.119 e. The van der Waals surface area contributed by atoms with E-state index in [-0.39, 0.29) is 0 Å². The second kappa shape index (κ2) is 4.85. The monoisotopic (exact) mass is 221 g/mol. The number of aliphatic hydroxyl groups is 1. The third kappa shape index (κ3) is 2.97. The summed E-state index contributed by atoms with van der Waals surface area (Å²) in [5.41, 5.74) is -0.692. The van der Waals surface area contributed by atoms with E-state index in [0.717, 1.165) is 25.1 Å². The molecule has 1 unspecified atom stereocenters. The molecule has 1 aromatic carbocycles. The van der Waals surface area contributed by atoms with Crippen LogP contribution in [0.5, 0.6) is 5.75 Å². The van der Waals surface area contributed by atoms with Crippen LogP contribution in [0.4, 0.5) is 0 Å². The summed E-state index contributed by atoms with van der Waals surface area (Å²) in [6, 6.07) is 9.65. The first-order valence-corrected chi connectivity index (χ1v) is 5.77. The molecule has 0 aliphatic carbocycles. The summed E-state index contributed by atoms with van der Waals surface area (Å²) < 4.78 is 5.62. The van der Waals surface area contributed by atoms with Gasteiger partial charge in [0.25, 0.3) is 0 Å². The Kier molecular flexibility index (Phi) is 3.46. The molecule has 1 atom stereocenters. The van der Waals surface area contributed by atoms with E-state index >= 15 is 0 Å². The first-order valence-electron chi connectivity index (χ1n) is 5.77. The van der Waals surface area contributed by atoms with Crippen LogP contribution in [0, 0.1) is 0 Å². The van der Waals surface area contributed by atoms with Gasteiger partial charge >= 0.3 is 0 Å². The van der Waals surface area contributed by atoms with Gasteiger partial charge in [-0.05, 0) is 38.6 Å². The molecule has 0 spiro atoms. The van der Waals surface area contributed by atoms with E-state index in [0.29, 0.717) is 13.2 Å². The lowest BCUT2D eigenvalue weighted by atomic mass is 9.94. The van der Waals surface area contributed by atoms with Gasteiger partial charge in [-0.15, -0.1) is 0 Å². The number of ether oxygens (including phenoxy) is 1. The first kappa shape index (κ1) is 11.4. The van der Waals surface area contributed by atoms with Crippen molar-refractivity contribution in [2.75, 3.05) is 26.7 Å². The predicted molar refractivity (Wildman–Crippen MR) is 63.6 cm³/mol. The van der Waals surface area contributed by atoms with Crippen LogP contribution in [-0.2, 0) is 0 Å². The lowest BCUT2D eigenvalue weighted by Crippen LogP contribution is -2.50. The Morgan fingerprint density at radius 2 is 2.12 bits per heavy atom. The van der Waals surface area contributed by atoms with Crippen molar-refractivity contribution in [3.05, 3.63) is 30.3 Å². The fourth-order valence-electron chi connectivity index (χ4n) is 2.19. The topological polar surface area (TPSA) is 32.7 Å². The molecule has 0 bridgehead atoms. The number of benzene rings is 1. The van der Waals surface area contributed by atoms with E-state index in [1.807, 2.05) is 37.4 Å². The van der Waals surface area contributed by atoms with E-state index in [9.17, 15) is 5.11 Å². The van der Waals surface area contributed by atoms with Gasteiger partial charge in [-0.3, -0.25) is 0 Å². The highest BCUT2D eigenvalue weighted by Gasteiger charge is 2.32. The van der Waals surface area contributed by atoms with Crippen LogP contribution in [0.3, 0.4) is 0 Å². The maximum absolute atomic E-state index is 10.3. The number of para-hydroxylation sites is 1. The summed E-state index contributed by atoms with van der Waals surface area (Å²) in [6.45, 7) is 2.13. The Hall–Kier alpha value is -1.06. The zero-order valence-electron chi connectivity index (χ0n) is 9.72. The molecule has 88 valence electrons. The average molecular weight is 221 g/mol. The van der Waals surface area contributed by atoms with Gasteiger partial charge in [-0.25, -0.2) is 0 Å². The zero-order valence-corrected chi connectivity index (χ0v) is 9.72. The van der Waals surface area contributed by atoms with E-state index < -0.39 is 5.60 Å². The van der Waals surface area contributed by atoms with E-state index in [1.54, 1.807) is 0 Å². The Morgan fingerprint density at radius 1 is 1.38 bits per heavy atom. The van der Waals surface area contributed by atoms with Gasteiger partial charge in [0.1, 0.15) is 18.0 Å².